The molecule has 1 aromatic rings. The molecule has 1 amide bonds. The van der Waals surface area contributed by atoms with Gasteiger partial charge in [0.05, 0.1) is 20.3 Å². The van der Waals surface area contributed by atoms with Gasteiger partial charge in [0.1, 0.15) is 6.10 Å². The summed E-state index contributed by atoms with van der Waals surface area (Å²) in [6.45, 7) is 2.34. The van der Waals surface area contributed by atoms with Crippen molar-refractivity contribution in [2.24, 2.45) is 0 Å². The predicted octanol–water partition coefficient (Wildman–Crippen LogP) is 3.04. The van der Waals surface area contributed by atoms with E-state index < -0.39 is 0 Å². The normalized spacial score (nSPS) is 26.7. The molecule has 0 bridgehead atoms. The number of carbonyl (C=O) groups is 1. The summed E-state index contributed by atoms with van der Waals surface area (Å²) in [7, 11) is 3.25. The lowest BCUT2D eigenvalue weighted by molar-refractivity contribution is 0.103. The van der Waals surface area contributed by atoms with Crippen molar-refractivity contribution in [3.8, 4) is 11.5 Å². The minimum Gasteiger partial charge on any atom is -0.493 e. The number of amides is 1. The predicted molar refractivity (Wildman–Crippen MR) is 97.6 cm³/mol. The van der Waals surface area contributed by atoms with Gasteiger partial charge in [0.2, 0.25) is 0 Å². The molecule has 0 unspecified atom stereocenters. The molecule has 0 spiro atoms. The lowest BCUT2D eigenvalue weighted by Gasteiger charge is -2.32. The Balaban J connectivity index is 1.46. The summed E-state index contributed by atoms with van der Waals surface area (Å²) in [6, 6.07) is 6.62. The Morgan fingerprint density at radius 2 is 1.85 bits per heavy atom. The number of benzene rings is 1. The van der Waals surface area contributed by atoms with Crippen LogP contribution in [0.3, 0.4) is 0 Å². The molecular weight excluding hydrogens is 332 g/mol. The van der Waals surface area contributed by atoms with E-state index in [-0.39, 0.29) is 18.2 Å². The average Bonchev–Trinajstić information content (AvgIpc) is 3.21. The van der Waals surface area contributed by atoms with Crippen LogP contribution in [0.15, 0.2) is 18.2 Å². The molecule has 1 saturated carbocycles. The van der Waals surface area contributed by atoms with Crippen LogP contribution in [0.4, 0.5) is 4.79 Å². The van der Waals surface area contributed by atoms with Crippen LogP contribution >= 0.6 is 0 Å². The molecule has 1 aliphatic carbocycles. The Morgan fingerprint density at radius 3 is 2.58 bits per heavy atom. The zero-order chi connectivity index (χ0) is 18.1. The van der Waals surface area contributed by atoms with Crippen LogP contribution in [0, 0.1) is 0 Å². The first-order chi connectivity index (χ1) is 12.7. The Kier molecular flexibility index (Phi) is 4.94. The smallest absolute Gasteiger partial charge is 0.410 e. The summed E-state index contributed by atoms with van der Waals surface area (Å²) in [4.78, 5) is 16.8. The maximum atomic E-state index is 12.4. The Hall–Kier alpha value is -1.95. The summed E-state index contributed by atoms with van der Waals surface area (Å²) in [6.07, 6.45) is 6.38. The van der Waals surface area contributed by atoms with Gasteiger partial charge in [-0.2, -0.15) is 0 Å². The first-order valence-electron chi connectivity index (χ1n) is 9.62. The summed E-state index contributed by atoms with van der Waals surface area (Å²) < 4.78 is 16.4. The molecule has 0 N–H and O–H groups in total. The monoisotopic (exact) mass is 360 g/mol. The lowest BCUT2D eigenvalue weighted by atomic mass is 9.94. The number of hydrogen-bond acceptors (Lipinski definition) is 5. The number of fused-ring (bicyclic) bond motifs is 1. The molecule has 6 nitrogen and oxygen atoms in total. The van der Waals surface area contributed by atoms with Gasteiger partial charge in [-0.3, -0.25) is 9.80 Å². The van der Waals surface area contributed by atoms with Gasteiger partial charge in [-0.15, -0.1) is 0 Å². The van der Waals surface area contributed by atoms with E-state index in [2.05, 4.69) is 4.90 Å². The summed E-state index contributed by atoms with van der Waals surface area (Å²) in [5.41, 5.74) is 1.02. The van der Waals surface area contributed by atoms with Crippen molar-refractivity contribution in [1.82, 2.24) is 9.80 Å². The molecule has 1 aromatic carbocycles. The second-order valence-electron chi connectivity index (χ2n) is 7.55. The van der Waals surface area contributed by atoms with Crippen molar-refractivity contribution < 1.29 is 19.0 Å². The quantitative estimate of drug-likeness (QED) is 0.808. The van der Waals surface area contributed by atoms with Gasteiger partial charge in [0, 0.05) is 25.7 Å². The van der Waals surface area contributed by atoms with Crippen LogP contribution in [-0.4, -0.2) is 61.4 Å². The molecule has 0 aromatic heterocycles. The van der Waals surface area contributed by atoms with Crippen LogP contribution in [-0.2, 0) is 11.3 Å². The molecule has 3 aliphatic rings. The third-order valence-corrected chi connectivity index (χ3v) is 6.04. The fourth-order valence-corrected chi connectivity index (χ4v) is 4.63. The molecule has 2 aliphatic heterocycles. The van der Waals surface area contributed by atoms with Crippen LogP contribution in [0.1, 0.15) is 37.7 Å². The third kappa shape index (κ3) is 3.22. The van der Waals surface area contributed by atoms with Crippen molar-refractivity contribution in [3.63, 3.8) is 0 Å². The number of carbonyl (C=O) groups excluding carboxylic acids is 1. The first kappa shape index (κ1) is 17.5. The molecule has 3 fully saturated rings. The van der Waals surface area contributed by atoms with Gasteiger partial charge >= 0.3 is 6.09 Å². The SMILES string of the molecule is COc1ccc(CN2C(=O)O[C@H]3CN(C4CCCCC4)C[C@H]32)cc1OC. The van der Waals surface area contributed by atoms with Crippen LogP contribution in [0.25, 0.3) is 0 Å². The largest absolute Gasteiger partial charge is 0.493 e. The van der Waals surface area contributed by atoms with Gasteiger partial charge < -0.3 is 14.2 Å². The van der Waals surface area contributed by atoms with E-state index in [4.69, 9.17) is 14.2 Å². The van der Waals surface area contributed by atoms with Crippen molar-refractivity contribution in [3.05, 3.63) is 23.8 Å². The van der Waals surface area contributed by atoms with Crippen LogP contribution in [0.2, 0.25) is 0 Å². The number of methoxy groups -OCH3 is 2. The topological polar surface area (TPSA) is 51.2 Å². The van der Waals surface area contributed by atoms with E-state index in [1.54, 1.807) is 14.2 Å². The maximum absolute atomic E-state index is 12.4. The average molecular weight is 360 g/mol. The van der Waals surface area contributed by atoms with E-state index in [1.165, 1.54) is 32.1 Å². The number of hydrogen-bond donors (Lipinski definition) is 0. The molecule has 4 rings (SSSR count). The van der Waals surface area contributed by atoms with Crippen LogP contribution in [0.5, 0.6) is 11.5 Å². The summed E-state index contributed by atoms with van der Waals surface area (Å²) >= 11 is 0. The second kappa shape index (κ2) is 7.35. The minimum atomic E-state index is -0.196. The zero-order valence-electron chi connectivity index (χ0n) is 15.6. The first-order valence-corrected chi connectivity index (χ1v) is 9.62. The fraction of sp³-hybridized carbons (Fsp3) is 0.650. The number of rotatable bonds is 5. The summed E-state index contributed by atoms with van der Waals surface area (Å²) in [5.74, 6) is 1.38. The van der Waals surface area contributed by atoms with Crippen molar-refractivity contribution in [1.29, 1.82) is 0 Å². The minimum absolute atomic E-state index is 0.00423. The Bertz CT molecular complexity index is 659. The van der Waals surface area contributed by atoms with Gasteiger partial charge in [-0.25, -0.2) is 4.79 Å². The highest BCUT2D eigenvalue weighted by molar-refractivity contribution is 5.71. The Labute approximate surface area is 155 Å². The van der Waals surface area contributed by atoms with Crippen molar-refractivity contribution in [2.45, 2.75) is 56.8 Å². The standard InChI is InChI=1S/C20H28N2O4/c1-24-17-9-8-14(10-18(17)25-2)11-22-16-12-21(13-19(16)26-20(22)23)15-6-4-3-5-7-15/h8-10,15-16,19H,3-7,11-13H2,1-2H3/t16-,19+/m1/s1. The van der Waals surface area contributed by atoms with Gasteiger partial charge in [-0.05, 0) is 30.5 Å². The van der Waals surface area contributed by atoms with E-state index in [0.717, 1.165) is 18.7 Å². The van der Waals surface area contributed by atoms with Gasteiger partial charge in [0.15, 0.2) is 11.5 Å². The van der Waals surface area contributed by atoms with E-state index in [0.29, 0.717) is 24.1 Å². The highest BCUT2D eigenvalue weighted by Gasteiger charge is 2.48. The molecule has 2 heterocycles. The Morgan fingerprint density at radius 1 is 1.08 bits per heavy atom. The van der Waals surface area contributed by atoms with E-state index >= 15 is 0 Å². The van der Waals surface area contributed by atoms with Crippen molar-refractivity contribution >= 4 is 6.09 Å². The molecular formula is C20H28N2O4. The molecule has 0 radical (unpaired) electrons. The zero-order valence-corrected chi connectivity index (χ0v) is 15.6. The third-order valence-electron chi connectivity index (χ3n) is 6.04. The number of ether oxygens (including phenoxy) is 3. The molecule has 2 saturated heterocycles. The number of likely N-dealkylation sites (tertiary alicyclic amines) is 1. The highest BCUT2D eigenvalue weighted by atomic mass is 16.6. The lowest BCUT2D eigenvalue weighted by Crippen LogP contribution is -2.40. The van der Waals surface area contributed by atoms with E-state index in [9.17, 15) is 4.79 Å². The second-order valence-corrected chi connectivity index (χ2v) is 7.55. The number of nitrogens with zero attached hydrogens (tertiary/aromatic N) is 2. The highest BCUT2D eigenvalue weighted by Crippen LogP contribution is 2.34. The molecule has 2 atom stereocenters. The summed E-state index contributed by atoms with van der Waals surface area (Å²) in [5, 5.41) is 0. The van der Waals surface area contributed by atoms with Gasteiger partial charge in [0.25, 0.3) is 0 Å². The molecule has 26 heavy (non-hydrogen) atoms. The van der Waals surface area contributed by atoms with E-state index in [1.807, 2.05) is 23.1 Å². The fourth-order valence-electron chi connectivity index (χ4n) is 4.63. The molecule has 6 heteroatoms. The van der Waals surface area contributed by atoms with Crippen molar-refractivity contribution in [2.75, 3.05) is 27.3 Å². The molecule has 142 valence electrons. The van der Waals surface area contributed by atoms with Gasteiger partial charge in [-0.1, -0.05) is 25.3 Å². The van der Waals surface area contributed by atoms with Crippen LogP contribution < -0.4 is 9.47 Å². The maximum Gasteiger partial charge on any atom is 0.410 e.